The van der Waals surface area contributed by atoms with Gasteiger partial charge in [0, 0.05) is 45.0 Å². The fourth-order valence-electron chi connectivity index (χ4n) is 4.23. The lowest BCUT2D eigenvalue weighted by Crippen LogP contribution is -2.48. The number of morpholine rings is 1. The molecule has 0 bridgehead atoms. The predicted octanol–water partition coefficient (Wildman–Crippen LogP) is 2.98. The van der Waals surface area contributed by atoms with Crippen molar-refractivity contribution in [3.05, 3.63) is 48.2 Å². The Kier molecular flexibility index (Phi) is 6.07. The highest BCUT2D eigenvalue weighted by molar-refractivity contribution is 5.44. The second-order valence-electron chi connectivity index (χ2n) is 7.80. The van der Waals surface area contributed by atoms with Crippen molar-refractivity contribution in [2.75, 3.05) is 56.2 Å². The van der Waals surface area contributed by atoms with Crippen LogP contribution in [0, 0.1) is 0 Å². The number of rotatable bonds is 5. The van der Waals surface area contributed by atoms with Crippen LogP contribution in [-0.4, -0.2) is 67.4 Å². The fourth-order valence-corrected chi connectivity index (χ4v) is 4.23. The van der Waals surface area contributed by atoms with Crippen molar-refractivity contribution in [2.24, 2.45) is 0 Å². The highest BCUT2D eigenvalue weighted by Gasteiger charge is 2.28. The normalized spacial score (nSPS) is 22.1. The van der Waals surface area contributed by atoms with Crippen LogP contribution in [0.4, 0.5) is 11.8 Å². The third kappa shape index (κ3) is 4.28. The Labute approximate surface area is 168 Å². The smallest absolute Gasteiger partial charge is 0.227 e. The predicted molar refractivity (Wildman–Crippen MR) is 113 cm³/mol. The molecule has 6 nitrogen and oxygen atoms in total. The molecule has 0 aliphatic carbocycles. The third-order valence-electron chi connectivity index (χ3n) is 6.08. The molecule has 6 heteroatoms. The Bertz CT molecular complexity index is 750. The molecular weight excluding hydrogens is 350 g/mol. The summed E-state index contributed by atoms with van der Waals surface area (Å²) in [5.74, 6) is 1.83. The Balaban J connectivity index is 1.45. The number of ether oxygens (including phenoxy) is 1. The van der Waals surface area contributed by atoms with Crippen LogP contribution in [0.3, 0.4) is 0 Å². The number of aromatic nitrogens is 2. The van der Waals surface area contributed by atoms with Crippen LogP contribution in [0.1, 0.15) is 31.4 Å². The van der Waals surface area contributed by atoms with E-state index < -0.39 is 0 Å². The lowest BCUT2D eigenvalue weighted by Gasteiger charge is -2.40. The van der Waals surface area contributed by atoms with Gasteiger partial charge in [-0.05, 0) is 37.9 Å². The van der Waals surface area contributed by atoms with Crippen LogP contribution in [0.15, 0.2) is 42.6 Å². The molecule has 150 valence electrons. The highest BCUT2D eigenvalue weighted by Crippen LogP contribution is 2.27. The van der Waals surface area contributed by atoms with Crippen LogP contribution in [0.25, 0.3) is 0 Å². The van der Waals surface area contributed by atoms with Crippen molar-refractivity contribution in [3.63, 3.8) is 0 Å². The van der Waals surface area contributed by atoms with Gasteiger partial charge in [0.1, 0.15) is 5.82 Å². The largest absolute Gasteiger partial charge is 0.378 e. The first-order valence-electron chi connectivity index (χ1n) is 10.4. The average molecular weight is 382 g/mol. The Hall–Kier alpha value is -2.18. The first kappa shape index (κ1) is 19.2. The van der Waals surface area contributed by atoms with Crippen LogP contribution >= 0.6 is 0 Å². The molecule has 4 rings (SSSR count). The van der Waals surface area contributed by atoms with Gasteiger partial charge in [-0.25, -0.2) is 4.98 Å². The first-order valence-corrected chi connectivity index (χ1v) is 10.4. The summed E-state index contributed by atoms with van der Waals surface area (Å²) in [7, 11) is 2.14. The SMILES string of the molecule is CC(c1ccccc1)N1CCCC(N(C)c2nccc(N3CCOCC3)n2)C1. The Morgan fingerprint density at radius 3 is 2.68 bits per heavy atom. The van der Waals surface area contributed by atoms with Crippen molar-refractivity contribution in [3.8, 4) is 0 Å². The lowest BCUT2D eigenvalue weighted by molar-refractivity contribution is 0.122. The second-order valence-corrected chi connectivity index (χ2v) is 7.80. The minimum atomic E-state index is 0.429. The minimum Gasteiger partial charge on any atom is -0.378 e. The molecule has 0 radical (unpaired) electrons. The quantitative estimate of drug-likeness (QED) is 0.793. The topological polar surface area (TPSA) is 44.7 Å². The lowest BCUT2D eigenvalue weighted by atomic mass is 10.00. The van der Waals surface area contributed by atoms with Gasteiger partial charge in [-0.1, -0.05) is 30.3 Å². The maximum absolute atomic E-state index is 5.46. The van der Waals surface area contributed by atoms with E-state index in [1.165, 1.54) is 18.4 Å². The van der Waals surface area contributed by atoms with E-state index in [-0.39, 0.29) is 0 Å². The molecule has 28 heavy (non-hydrogen) atoms. The zero-order valence-electron chi connectivity index (χ0n) is 17.0. The van der Waals surface area contributed by atoms with E-state index in [0.29, 0.717) is 12.1 Å². The standard InChI is InChI=1S/C22H31N5O/c1-18(19-7-4-3-5-8-19)27-12-6-9-20(17-27)25(2)22-23-11-10-21(24-22)26-13-15-28-16-14-26/h3-5,7-8,10-11,18,20H,6,9,12-17H2,1-2H3. The minimum absolute atomic E-state index is 0.429. The van der Waals surface area contributed by atoms with Crippen molar-refractivity contribution in [1.29, 1.82) is 0 Å². The molecule has 2 atom stereocenters. The van der Waals surface area contributed by atoms with Gasteiger partial charge >= 0.3 is 0 Å². The zero-order chi connectivity index (χ0) is 19.3. The van der Waals surface area contributed by atoms with E-state index >= 15 is 0 Å². The molecule has 3 heterocycles. The van der Waals surface area contributed by atoms with Crippen molar-refractivity contribution in [2.45, 2.75) is 31.8 Å². The van der Waals surface area contributed by atoms with Gasteiger partial charge in [0.15, 0.2) is 0 Å². The van der Waals surface area contributed by atoms with Gasteiger partial charge in [0.05, 0.1) is 13.2 Å². The third-order valence-corrected chi connectivity index (χ3v) is 6.08. The molecule has 0 N–H and O–H groups in total. The van der Waals surface area contributed by atoms with E-state index in [9.17, 15) is 0 Å². The number of likely N-dealkylation sites (N-methyl/N-ethyl adjacent to an activating group) is 1. The van der Waals surface area contributed by atoms with Crippen molar-refractivity contribution >= 4 is 11.8 Å². The molecule has 2 aliphatic rings. The highest BCUT2D eigenvalue weighted by atomic mass is 16.5. The fraction of sp³-hybridized carbons (Fsp3) is 0.545. The first-order chi connectivity index (χ1) is 13.7. The number of anilines is 2. The van der Waals surface area contributed by atoms with E-state index in [1.54, 1.807) is 0 Å². The summed E-state index contributed by atoms with van der Waals surface area (Å²) in [6.45, 7) is 7.83. The summed E-state index contributed by atoms with van der Waals surface area (Å²) in [6.07, 6.45) is 4.27. The zero-order valence-corrected chi connectivity index (χ0v) is 17.0. The maximum atomic E-state index is 5.46. The van der Waals surface area contributed by atoms with Crippen LogP contribution in [0.5, 0.6) is 0 Å². The molecule has 2 fully saturated rings. The van der Waals surface area contributed by atoms with E-state index in [4.69, 9.17) is 9.72 Å². The molecule has 0 amide bonds. The molecule has 2 unspecified atom stereocenters. The van der Waals surface area contributed by atoms with Gasteiger partial charge in [-0.2, -0.15) is 4.98 Å². The molecule has 1 aromatic heterocycles. The molecule has 2 aliphatic heterocycles. The van der Waals surface area contributed by atoms with Gasteiger partial charge < -0.3 is 14.5 Å². The summed E-state index contributed by atoms with van der Waals surface area (Å²) in [6, 6.07) is 13.7. The Morgan fingerprint density at radius 2 is 1.89 bits per heavy atom. The van der Waals surface area contributed by atoms with Crippen molar-refractivity contribution in [1.82, 2.24) is 14.9 Å². The summed E-state index contributed by atoms with van der Waals surface area (Å²) in [4.78, 5) is 16.6. The summed E-state index contributed by atoms with van der Waals surface area (Å²) >= 11 is 0. The van der Waals surface area contributed by atoms with E-state index in [2.05, 4.69) is 64.0 Å². The number of hydrogen-bond acceptors (Lipinski definition) is 6. The molecule has 2 aromatic rings. The molecule has 0 spiro atoms. The maximum Gasteiger partial charge on any atom is 0.227 e. The number of likely N-dealkylation sites (tertiary alicyclic amines) is 1. The van der Waals surface area contributed by atoms with Gasteiger partial charge in [-0.15, -0.1) is 0 Å². The summed E-state index contributed by atoms with van der Waals surface area (Å²) in [5.41, 5.74) is 1.39. The molecule has 0 saturated carbocycles. The molecule has 2 saturated heterocycles. The average Bonchev–Trinajstić information content (AvgIpc) is 2.79. The van der Waals surface area contributed by atoms with E-state index in [1.807, 2.05) is 12.3 Å². The molecular formula is C22H31N5O. The summed E-state index contributed by atoms with van der Waals surface area (Å²) in [5, 5.41) is 0. The van der Waals surface area contributed by atoms with Crippen LogP contribution in [-0.2, 0) is 4.74 Å². The molecule has 1 aromatic carbocycles. The second kappa shape index (κ2) is 8.88. The number of hydrogen-bond donors (Lipinski definition) is 0. The van der Waals surface area contributed by atoms with Gasteiger partial charge in [-0.3, -0.25) is 4.90 Å². The monoisotopic (exact) mass is 381 g/mol. The number of piperidine rings is 1. The van der Waals surface area contributed by atoms with Crippen LogP contribution < -0.4 is 9.80 Å². The van der Waals surface area contributed by atoms with E-state index in [0.717, 1.165) is 51.2 Å². The number of benzene rings is 1. The van der Waals surface area contributed by atoms with Gasteiger partial charge in [0.2, 0.25) is 5.95 Å². The number of nitrogens with zero attached hydrogens (tertiary/aromatic N) is 5. The Morgan fingerprint density at radius 1 is 1.11 bits per heavy atom. The summed E-state index contributed by atoms with van der Waals surface area (Å²) < 4.78 is 5.46. The van der Waals surface area contributed by atoms with Crippen molar-refractivity contribution < 1.29 is 4.74 Å². The van der Waals surface area contributed by atoms with Crippen LogP contribution in [0.2, 0.25) is 0 Å². The van der Waals surface area contributed by atoms with Gasteiger partial charge in [0.25, 0.3) is 0 Å².